The molecule has 1 aromatic heterocycles. The summed E-state index contributed by atoms with van der Waals surface area (Å²) in [5, 5.41) is 11.8. The molecule has 0 spiro atoms. The first-order valence-electron chi connectivity index (χ1n) is 7.67. The van der Waals surface area contributed by atoms with Crippen molar-refractivity contribution in [2.75, 3.05) is 6.26 Å². The number of rotatable bonds is 5. The van der Waals surface area contributed by atoms with Crippen LogP contribution in [0.3, 0.4) is 0 Å². The molecule has 7 heteroatoms. The van der Waals surface area contributed by atoms with Crippen LogP contribution in [0.2, 0.25) is 0 Å². The maximum atomic E-state index is 13.2. The Balaban J connectivity index is 1.81. The van der Waals surface area contributed by atoms with Crippen molar-refractivity contribution in [3.63, 3.8) is 0 Å². The summed E-state index contributed by atoms with van der Waals surface area (Å²) < 4.78 is 15.0. The Morgan fingerprint density at radius 3 is 2.44 bits per heavy atom. The Labute approximate surface area is 149 Å². The maximum absolute atomic E-state index is 13.2. The number of carbonyl (C=O) groups is 1. The van der Waals surface area contributed by atoms with Gasteiger partial charge < -0.3 is 5.32 Å². The standard InChI is InChI=1S/C18H17FN4OS/c1-12-3-5-13(6-4-12)17(24)20-11-16-21-22-18(25-2)23(16)15-9-7-14(19)8-10-15/h3-10H,11H2,1-2H3,(H,20,24). The van der Waals surface area contributed by atoms with E-state index in [2.05, 4.69) is 15.5 Å². The van der Waals surface area contributed by atoms with Gasteiger partial charge in [0, 0.05) is 11.3 Å². The van der Waals surface area contributed by atoms with Crippen molar-refractivity contribution in [1.29, 1.82) is 0 Å². The summed E-state index contributed by atoms with van der Waals surface area (Å²) in [5.74, 6) is 0.0903. The molecule has 1 amide bonds. The first kappa shape index (κ1) is 17.2. The van der Waals surface area contributed by atoms with Crippen molar-refractivity contribution >= 4 is 17.7 Å². The first-order chi connectivity index (χ1) is 12.1. The molecule has 0 fully saturated rings. The summed E-state index contributed by atoms with van der Waals surface area (Å²) in [5.41, 5.74) is 2.43. The van der Waals surface area contributed by atoms with E-state index in [1.165, 1.54) is 23.9 Å². The van der Waals surface area contributed by atoms with Crippen LogP contribution in [-0.4, -0.2) is 26.9 Å². The Kier molecular flexibility index (Phi) is 5.14. The van der Waals surface area contributed by atoms with E-state index in [1.807, 2.05) is 25.3 Å². The number of amides is 1. The van der Waals surface area contributed by atoms with Crippen LogP contribution in [0.25, 0.3) is 5.69 Å². The van der Waals surface area contributed by atoms with Crippen LogP contribution < -0.4 is 5.32 Å². The summed E-state index contributed by atoms with van der Waals surface area (Å²) in [6.07, 6.45) is 1.89. The minimum Gasteiger partial charge on any atom is -0.345 e. The Morgan fingerprint density at radius 2 is 1.80 bits per heavy atom. The largest absolute Gasteiger partial charge is 0.345 e. The molecule has 0 aliphatic heterocycles. The van der Waals surface area contributed by atoms with E-state index in [0.29, 0.717) is 16.5 Å². The highest BCUT2D eigenvalue weighted by Gasteiger charge is 2.14. The number of benzene rings is 2. The van der Waals surface area contributed by atoms with Gasteiger partial charge in [-0.1, -0.05) is 29.5 Å². The molecule has 0 aliphatic rings. The molecule has 0 bridgehead atoms. The zero-order chi connectivity index (χ0) is 17.8. The monoisotopic (exact) mass is 356 g/mol. The minimum atomic E-state index is -0.309. The predicted molar refractivity (Wildman–Crippen MR) is 95.4 cm³/mol. The number of aryl methyl sites for hydroxylation is 1. The third-order valence-corrected chi connectivity index (χ3v) is 4.32. The molecule has 3 aromatic rings. The summed E-state index contributed by atoms with van der Waals surface area (Å²) in [4.78, 5) is 12.3. The lowest BCUT2D eigenvalue weighted by Crippen LogP contribution is -2.24. The number of nitrogens with one attached hydrogen (secondary N) is 1. The molecule has 0 aliphatic carbocycles. The van der Waals surface area contributed by atoms with Crippen LogP contribution in [0.5, 0.6) is 0 Å². The molecular formula is C18H17FN4OS. The van der Waals surface area contributed by atoms with Crippen LogP contribution >= 0.6 is 11.8 Å². The number of carbonyl (C=O) groups excluding carboxylic acids is 1. The average Bonchev–Trinajstić information content (AvgIpc) is 3.04. The Hall–Kier alpha value is -2.67. The van der Waals surface area contributed by atoms with Crippen LogP contribution in [0.4, 0.5) is 4.39 Å². The van der Waals surface area contributed by atoms with Crippen molar-refractivity contribution in [3.8, 4) is 5.69 Å². The van der Waals surface area contributed by atoms with E-state index in [-0.39, 0.29) is 18.3 Å². The van der Waals surface area contributed by atoms with Gasteiger partial charge in [0.25, 0.3) is 5.91 Å². The molecule has 0 atom stereocenters. The molecule has 25 heavy (non-hydrogen) atoms. The fourth-order valence-electron chi connectivity index (χ4n) is 2.36. The summed E-state index contributed by atoms with van der Waals surface area (Å²) >= 11 is 1.43. The third-order valence-electron chi connectivity index (χ3n) is 3.69. The van der Waals surface area contributed by atoms with Gasteiger partial charge in [0.15, 0.2) is 11.0 Å². The summed E-state index contributed by atoms with van der Waals surface area (Å²) in [6.45, 7) is 2.19. The van der Waals surface area contributed by atoms with E-state index in [0.717, 1.165) is 11.3 Å². The van der Waals surface area contributed by atoms with Gasteiger partial charge in [-0.3, -0.25) is 9.36 Å². The van der Waals surface area contributed by atoms with Crippen LogP contribution in [0.1, 0.15) is 21.7 Å². The average molecular weight is 356 g/mol. The molecule has 0 saturated heterocycles. The number of halogens is 1. The fourth-order valence-corrected chi connectivity index (χ4v) is 2.88. The highest BCUT2D eigenvalue weighted by Crippen LogP contribution is 2.20. The van der Waals surface area contributed by atoms with Gasteiger partial charge in [0.1, 0.15) is 5.82 Å². The normalized spacial score (nSPS) is 10.7. The topological polar surface area (TPSA) is 59.8 Å². The van der Waals surface area contributed by atoms with Gasteiger partial charge in [-0.25, -0.2) is 4.39 Å². The third kappa shape index (κ3) is 3.88. The van der Waals surface area contributed by atoms with Gasteiger partial charge in [0.2, 0.25) is 0 Å². The van der Waals surface area contributed by atoms with Crippen molar-refractivity contribution in [3.05, 3.63) is 71.3 Å². The number of hydrogen-bond acceptors (Lipinski definition) is 4. The number of nitrogens with zero attached hydrogens (tertiary/aromatic N) is 3. The van der Waals surface area contributed by atoms with Crippen molar-refractivity contribution in [1.82, 2.24) is 20.1 Å². The van der Waals surface area contributed by atoms with E-state index in [9.17, 15) is 9.18 Å². The quantitative estimate of drug-likeness (QED) is 0.712. The fraction of sp³-hybridized carbons (Fsp3) is 0.167. The summed E-state index contributed by atoms with van der Waals surface area (Å²) in [6, 6.07) is 13.4. The Morgan fingerprint density at radius 1 is 1.12 bits per heavy atom. The molecule has 0 radical (unpaired) electrons. The molecule has 2 aromatic carbocycles. The van der Waals surface area contributed by atoms with Gasteiger partial charge >= 0.3 is 0 Å². The molecule has 5 nitrogen and oxygen atoms in total. The number of hydrogen-bond donors (Lipinski definition) is 1. The van der Waals surface area contributed by atoms with Gasteiger partial charge in [-0.05, 0) is 49.6 Å². The van der Waals surface area contributed by atoms with Gasteiger partial charge in [0.05, 0.1) is 6.54 Å². The van der Waals surface area contributed by atoms with Gasteiger partial charge in [-0.15, -0.1) is 10.2 Å². The molecule has 128 valence electrons. The zero-order valence-electron chi connectivity index (χ0n) is 13.9. The Bertz CT molecular complexity index is 875. The van der Waals surface area contributed by atoms with E-state index >= 15 is 0 Å². The minimum absolute atomic E-state index is 0.181. The van der Waals surface area contributed by atoms with E-state index in [1.54, 1.807) is 28.8 Å². The second-order valence-electron chi connectivity index (χ2n) is 5.46. The van der Waals surface area contributed by atoms with E-state index in [4.69, 9.17) is 0 Å². The molecule has 1 N–H and O–H groups in total. The molecule has 0 saturated carbocycles. The zero-order valence-corrected chi connectivity index (χ0v) is 14.7. The highest BCUT2D eigenvalue weighted by molar-refractivity contribution is 7.98. The predicted octanol–water partition coefficient (Wildman–Crippen LogP) is 3.37. The first-order valence-corrected chi connectivity index (χ1v) is 8.90. The number of aromatic nitrogens is 3. The van der Waals surface area contributed by atoms with E-state index < -0.39 is 0 Å². The lowest BCUT2D eigenvalue weighted by molar-refractivity contribution is 0.0949. The van der Waals surface area contributed by atoms with Crippen LogP contribution in [-0.2, 0) is 6.54 Å². The smallest absolute Gasteiger partial charge is 0.251 e. The highest BCUT2D eigenvalue weighted by atomic mass is 32.2. The lowest BCUT2D eigenvalue weighted by Gasteiger charge is -2.10. The molecule has 0 unspecified atom stereocenters. The lowest BCUT2D eigenvalue weighted by atomic mass is 10.1. The molecular weight excluding hydrogens is 339 g/mol. The SMILES string of the molecule is CSc1nnc(CNC(=O)c2ccc(C)cc2)n1-c1ccc(F)cc1. The molecule has 1 heterocycles. The summed E-state index contributed by atoms with van der Waals surface area (Å²) in [7, 11) is 0. The van der Waals surface area contributed by atoms with Crippen LogP contribution in [0.15, 0.2) is 53.7 Å². The van der Waals surface area contributed by atoms with Crippen LogP contribution in [0, 0.1) is 12.7 Å². The second-order valence-corrected chi connectivity index (χ2v) is 6.24. The van der Waals surface area contributed by atoms with Crippen molar-refractivity contribution < 1.29 is 9.18 Å². The van der Waals surface area contributed by atoms with Crippen molar-refractivity contribution in [2.24, 2.45) is 0 Å². The molecule has 3 rings (SSSR count). The maximum Gasteiger partial charge on any atom is 0.251 e. The second kappa shape index (κ2) is 7.48. The van der Waals surface area contributed by atoms with Crippen molar-refractivity contribution in [2.45, 2.75) is 18.6 Å². The number of thioether (sulfide) groups is 1. The van der Waals surface area contributed by atoms with Gasteiger partial charge in [-0.2, -0.15) is 0 Å².